The first-order chi connectivity index (χ1) is 20.6. The summed E-state index contributed by atoms with van der Waals surface area (Å²) in [6.07, 6.45) is -2.82. The third-order valence-electron chi connectivity index (χ3n) is 11.4. The molecule has 0 unspecified atom stereocenters. The molecule has 238 valence electrons. The Bertz CT molecular complexity index is 1410. The summed E-state index contributed by atoms with van der Waals surface area (Å²) in [6.45, 7) is 9.19. The van der Waals surface area contributed by atoms with Crippen LogP contribution < -0.4 is 0 Å². The number of ether oxygens (including phenoxy) is 5. The molecule has 44 heavy (non-hydrogen) atoms. The molecule has 1 saturated heterocycles. The summed E-state index contributed by atoms with van der Waals surface area (Å²) in [7, 11) is 0. The lowest BCUT2D eigenvalue weighted by Gasteiger charge is -2.50. The monoisotopic (exact) mass is 612 g/mol. The van der Waals surface area contributed by atoms with E-state index in [1.807, 2.05) is 6.92 Å². The highest BCUT2D eigenvalue weighted by molar-refractivity contribution is 5.97. The first-order valence-corrected chi connectivity index (χ1v) is 15.3. The molecule has 0 radical (unpaired) electrons. The molecule has 6 rings (SSSR count). The van der Waals surface area contributed by atoms with Crippen LogP contribution in [-0.4, -0.2) is 77.5 Å². The van der Waals surface area contributed by atoms with E-state index in [0.717, 1.165) is 0 Å². The fraction of sp³-hybridized carbons (Fsp3) is 0.667. The molecule has 5 fully saturated rings. The van der Waals surface area contributed by atoms with Crippen molar-refractivity contribution in [1.29, 1.82) is 0 Å². The van der Waals surface area contributed by atoms with Gasteiger partial charge in [0, 0.05) is 32.1 Å². The molecule has 2 bridgehead atoms. The van der Waals surface area contributed by atoms with E-state index in [9.17, 15) is 29.1 Å². The van der Waals surface area contributed by atoms with Gasteiger partial charge in [0.05, 0.1) is 30.1 Å². The number of aliphatic hydroxyl groups is 1. The van der Waals surface area contributed by atoms with Gasteiger partial charge in [0.15, 0.2) is 5.78 Å². The molecule has 0 amide bonds. The lowest BCUT2D eigenvalue weighted by Crippen LogP contribution is -2.62. The van der Waals surface area contributed by atoms with Gasteiger partial charge in [-0.2, -0.15) is 0 Å². The van der Waals surface area contributed by atoms with Crippen molar-refractivity contribution in [2.45, 2.75) is 83.9 Å². The first kappa shape index (κ1) is 30.7. The second kappa shape index (κ2) is 10.1. The van der Waals surface area contributed by atoms with Gasteiger partial charge in [-0.3, -0.25) is 19.2 Å². The molecule has 4 saturated carbocycles. The highest BCUT2D eigenvalue weighted by Crippen LogP contribution is 2.78. The van der Waals surface area contributed by atoms with Crippen LogP contribution in [0.5, 0.6) is 0 Å². The van der Waals surface area contributed by atoms with Crippen LogP contribution >= 0.6 is 0 Å². The zero-order chi connectivity index (χ0) is 32.0. The molecule has 1 heterocycles. The van der Waals surface area contributed by atoms with E-state index in [2.05, 4.69) is 0 Å². The molecule has 0 spiro atoms. The van der Waals surface area contributed by atoms with Gasteiger partial charge < -0.3 is 28.8 Å². The number of carbonyl (C=O) groups excluding carboxylic acids is 5. The topological polar surface area (TPSA) is 152 Å². The van der Waals surface area contributed by atoms with Crippen molar-refractivity contribution in [3.63, 3.8) is 0 Å². The highest BCUT2D eigenvalue weighted by atomic mass is 16.6. The quantitative estimate of drug-likeness (QED) is 0.373. The summed E-state index contributed by atoms with van der Waals surface area (Å²) in [4.78, 5) is 65.5. The minimum absolute atomic E-state index is 0.0404. The Labute approximate surface area is 255 Å². The van der Waals surface area contributed by atoms with Crippen LogP contribution in [0.1, 0.15) is 64.7 Å². The molecular weight excluding hydrogens is 572 g/mol. The number of fused-ring (bicyclic) bond motifs is 2. The predicted molar refractivity (Wildman–Crippen MR) is 151 cm³/mol. The lowest BCUT2D eigenvalue weighted by molar-refractivity contribution is -0.206. The van der Waals surface area contributed by atoms with Crippen molar-refractivity contribution < 1.29 is 52.8 Å². The number of Topliss-reactive ketones (excluding diaryl/α,β-unsaturated/α-hetero) is 1. The fourth-order valence-corrected chi connectivity index (χ4v) is 9.70. The Morgan fingerprint density at radius 1 is 0.955 bits per heavy atom. The Kier molecular flexibility index (Phi) is 7.05. The van der Waals surface area contributed by atoms with Crippen LogP contribution in [0.2, 0.25) is 0 Å². The third kappa shape index (κ3) is 4.18. The lowest BCUT2D eigenvalue weighted by atomic mass is 9.57. The second-order valence-corrected chi connectivity index (χ2v) is 14.0. The van der Waals surface area contributed by atoms with Crippen molar-refractivity contribution in [1.82, 2.24) is 0 Å². The molecule has 1 aromatic carbocycles. The minimum Gasteiger partial charge on any atom is -0.465 e. The van der Waals surface area contributed by atoms with Crippen molar-refractivity contribution >= 4 is 29.7 Å². The smallest absolute Gasteiger partial charge is 0.338 e. The summed E-state index contributed by atoms with van der Waals surface area (Å²) in [5, 5.41) is 12.4. The standard InChI is InChI=1S/C33H40O11/c1-16-13-33(39)24(25(16)42-18(3)35)27(43-19(4)36)32-15-41-31(6,29(33)38)26(32)23-21(30(23,5)14-40-17(2)34)12-22(32)44-28(37)20-10-8-7-9-11-20/h7-11,16,21-27,39H,12-15H2,1-6H3/t16-,21-,22+,23-,24+,25-,26-,27+,30+,31-,32+,33+/m0/s1. The number of rotatable bonds is 6. The van der Waals surface area contributed by atoms with Crippen LogP contribution in [0.15, 0.2) is 30.3 Å². The van der Waals surface area contributed by atoms with Gasteiger partial charge in [-0.05, 0) is 49.7 Å². The van der Waals surface area contributed by atoms with Crippen LogP contribution in [0.3, 0.4) is 0 Å². The number of carbonyl (C=O) groups is 5. The maximum absolute atomic E-state index is 14.7. The predicted octanol–water partition coefficient (Wildman–Crippen LogP) is 2.66. The molecule has 11 nitrogen and oxygen atoms in total. The molecule has 1 aromatic rings. The first-order valence-electron chi connectivity index (χ1n) is 15.3. The Morgan fingerprint density at radius 2 is 1.61 bits per heavy atom. The van der Waals surface area contributed by atoms with Gasteiger partial charge in [-0.25, -0.2) is 4.79 Å². The number of ketones is 1. The van der Waals surface area contributed by atoms with Gasteiger partial charge in [0.2, 0.25) is 0 Å². The molecule has 4 aliphatic carbocycles. The van der Waals surface area contributed by atoms with Crippen molar-refractivity contribution in [3.05, 3.63) is 35.9 Å². The van der Waals surface area contributed by atoms with E-state index in [4.69, 9.17) is 23.7 Å². The zero-order valence-corrected chi connectivity index (χ0v) is 25.9. The Morgan fingerprint density at radius 3 is 2.23 bits per heavy atom. The summed E-state index contributed by atoms with van der Waals surface area (Å²) < 4.78 is 30.2. The van der Waals surface area contributed by atoms with Gasteiger partial charge in [-0.1, -0.05) is 32.0 Å². The van der Waals surface area contributed by atoms with Crippen molar-refractivity contribution in [2.24, 2.45) is 40.4 Å². The molecule has 1 aliphatic heterocycles. The molecule has 1 N–H and O–H groups in total. The largest absolute Gasteiger partial charge is 0.465 e. The van der Waals surface area contributed by atoms with Gasteiger partial charge in [0.1, 0.15) is 29.5 Å². The summed E-state index contributed by atoms with van der Waals surface area (Å²) in [5.74, 6) is -5.55. The van der Waals surface area contributed by atoms with E-state index >= 15 is 0 Å². The minimum atomic E-state index is -2.07. The maximum Gasteiger partial charge on any atom is 0.338 e. The maximum atomic E-state index is 14.7. The fourth-order valence-electron chi connectivity index (χ4n) is 9.70. The highest BCUT2D eigenvalue weighted by Gasteiger charge is 2.86. The van der Waals surface area contributed by atoms with E-state index in [-0.39, 0.29) is 31.5 Å². The number of esters is 4. The Hall–Kier alpha value is -3.31. The number of hydrogen-bond donors (Lipinski definition) is 1. The molecule has 5 aliphatic rings. The number of benzene rings is 1. The van der Waals surface area contributed by atoms with Crippen LogP contribution in [0.4, 0.5) is 0 Å². The third-order valence-corrected chi connectivity index (χ3v) is 11.4. The SMILES string of the molecule is CC(=O)OC[C@@]1(C)[C@@H]2[C@@H]3[C@@]4(CO[C@]3(C)C(=O)[C@@]3(O)C[C@H](C)[C@H](OC(C)=O)[C@@H]3[C@H]4OC(C)=O)[C@H](OC(=O)c3ccccc3)C[C@@H]21. The van der Waals surface area contributed by atoms with Gasteiger partial charge in [-0.15, -0.1) is 0 Å². The van der Waals surface area contributed by atoms with E-state index in [0.29, 0.717) is 12.0 Å². The van der Waals surface area contributed by atoms with E-state index < -0.39 is 87.8 Å². The summed E-state index contributed by atoms with van der Waals surface area (Å²) >= 11 is 0. The van der Waals surface area contributed by atoms with Crippen LogP contribution in [-0.2, 0) is 42.9 Å². The summed E-state index contributed by atoms with van der Waals surface area (Å²) in [6, 6.07) is 8.49. The van der Waals surface area contributed by atoms with Gasteiger partial charge >= 0.3 is 23.9 Å². The van der Waals surface area contributed by atoms with Crippen molar-refractivity contribution in [3.8, 4) is 0 Å². The zero-order valence-electron chi connectivity index (χ0n) is 25.9. The molecule has 11 heteroatoms. The number of hydrogen-bond acceptors (Lipinski definition) is 11. The molecule has 0 aromatic heterocycles. The normalized spacial score (nSPS) is 44.8. The average Bonchev–Trinajstić information content (AvgIpc) is 3.26. The van der Waals surface area contributed by atoms with Crippen molar-refractivity contribution in [2.75, 3.05) is 13.2 Å². The molecule has 12 atom stereocenters. The van der Waals surface area contributed by atoms with Gasteiger partial charge in [0.25, 0.3) is 0 Å². The molecular formula is C33H40O11. The van der Waals surface area contributed by atoms with E-state index in [1.54, 1.807) is 44.2 Å². The van der Waals surface area contributed by atoms with Crippen LogP contribution in [0, 0.1) is 40.4 Å². The Balaban J connectivity index is 1.56. The summed E-state index contributed by atoms with van der Waals surface area (Å²) in [5.41, 5.74) is -5.21. The second-order valence-electron chi connectivity index (χ2n) is 14.0. The van der Waals surface area contributed by atoms with Crippen LogP contribution in [0.25, 0.3) is 0 Å². The van der Waals surface area contributed by atoms with E-state index in [1.165, 1.54) is 20.8 Å². The average molecular weight is 613 g/mol.